The Morgan fingerprint density at radius 2 is 2.10 bits per heavy atom. The number of fused-ring (bicyclic) bond motifs is 4. The summed E-state index contributed by atoms with van der Waals surface area (Å²) in [6, 6.07) is 10.6. The number of aryl methyl sites for hydroxylation is 1. The molecule has 1 aliphatic carbocycles. The molecule has 0 saturated heterocycles. The zero-order valence-electron chi connectivity index (χ0n) is 16.3. The van der Waals surface area contributed by atoms with Crippen LogP contribution in [0.25, 0.3) is 22.8 Å². The van der Waals surface area contributed by atoms with E-state index in [1.807, 2.05) is 30.6 Å². The summed E-state index contributed by atoms with van der Waals surface area (Å²) in [6.45, 7) is 4.23. The lowest BCUT2D eigenvalue weighted by atomic mass is 9.75. The Balaban J connectivity index is 1.44. The van der Waals surface area contributed by atoms with E-state index in [9.17, 15) is 0 Å². The van der Waals surface area contributed by atoms with Crippen LogP contribution in [0.3, 0.4) is 0 Å². The van der Waals surface area contributed by atoms with Crippen LogP contribution in [0.15, 0.2) is 47.2 Å². The second kappa shape index (κ2) is 5.83. The maximum Gasteiger partial charge on any atom is 0.257 e. The van der Waals surface area contributed by atoms with Crippen molar-refractivity contribution in [3.8, 4) is 22.8 Å². The number of pyridine rings is 1. The van der Waals surface area contributed by atoms with E-state index in [1.54, 1.807) is 0 Å². The number of hydrogen-bond donors (Lipinski definition) is 0. The minimum atomic E-state index is -0.413. The quantitative estimate of drug-likeness (QED) is 0.531. The van der Waals surface area contributed by atoms with Crippen LogP contribution in [0.4, 0.5) is 0 Å². The Morgan fingerprint density at radius 1 is 1.21 bits per heavy atom. The van der Waals surface area contributed by atoms with Gasteiger partial charge < -0.3 is 9.09 Å². The minimum Gasteiger partial charge on any atom is -0.334 e. The van der Waals surface area contributed by atoms with Crippen LogP contribution in [-0.4, -0.2) is 29.9 Å². The molecule has 6 rings (SSSR count). The highest BCUT2D eigenvalue weighted by Gasteiger charge is 2.46. The number of rotatable bonds is 4. The monoisotopic (exact) mass is 384 g/mol. The molecule has 0 radical (unpaired) electrons. The van der Waals surface area contributed by atoms with Crippen molar-refractivity contribution in [2.45, 2.75) is 44.6 Å². The lowest BCUT2D eigenvalue weighted by Crippen LogP contribution is -2.34. The van der Waals surface area contributed by atoms with Crippen molar-refractivity contribution in [3.63, 3.8) is 0 Å². The van der Waals surface area contributed by atoms with Gasteiger partial charge in [-0.25, -0.2) is 0 Å². The predicted octanol–water partition coefficient (Wildman–Crippen LogP) is 3.90. The van der Waals surface area contributed by atoms with Crippen molar-refractivity contribution in [2.24, 2.45) is 0 Å². The van der Waals surface area contributed by atoms with Gasteiger partial charge in [-0.15, -0.1) is 10.2 Å². The molecule has 29 heavy (non-hydrogen) atoms. The molecule has 0 N–H and O–H groups in total. The summed E-state index contributed by atoms with van der Waals surface area (Å²) < 4.78 is 7.90. The van der Waals surface area contributed by atoms with Crippen molar-refractivity contribution < 1.29 is 4.52 Å². The molecular formula is C22H20N6O. The third-order valence-electron chi connectivity index (χ3n) is 6.00. The van der Waals surface area contributed by atoms with Gasteiger partial charge in [0.2, 0.25) is 0 Å². The lowest BCUT2D eigenvalue weighted by Gasteiger charge is -2.33. The molecule has 0 spiro atoms. The second-order valence-electron chi connectivity index (χ2n) is 8.26. The van der Waals surface area contributed by atoms with Gasteiger partial charge in [0.1, 0.15) is 5.82 Å². The fraction of sp³-hybridized carbons (Fsp3) is 0.318. The van der Waals surface area contributed by atoms with E-state index < -0.39 is 5.41 Å². The lowest BCUT2D eigenvalue weighted by molar-refractivity contribution is 0.407. The van der Waals surface area contributed by atoms with Crippen LogP contribution < -0.4 is 0 Å². The maximum atomic E-state index is 5.59. The van der Waals surface area contributed by atoms with E-state index in [2.05, 4.69) is 50.9 Å². The highest BCUT2D eigenvalue weighted by atomic mass is 16.5. The summed E-state index contributed by atoms with van der Waals surface area (Å²) in [5.74, 6) is 3.12. The molecule has 7 heteroatoms. The number of aromatic nitrogens is 6. The molecule has 3 aromatic heterocycles. The molecule has 4 aromatic rings. The molecule has 1 fully saturated rings. The van der Waals surface area contributed by atoms with E-state index in [0.29, 0.717) is 24.2 Å². The average Bonchev–Trinajstić information content (AvgIpc) is 3.32. The summed E-state index contributed by atoms with van der Waals surface area (Å²) in [4.78, 5) is 9.08. The number of hydrogen-bond acceptors (Lipinski definition) is 6. The zero-order chi connectivity index (χ0) is 19.6. The smallest absolute Gasteiger partial charge is 0.257 e. The van der Waals surface area contributed by atoms with Gasteiger partial charge in [0.15, 0.2) is 11.6 Å². The van der Waals surface area contributed by atoms with Gasteiger partial charge in [-0.1, -0.05) is 22.9 Å². The summed E-state index contributed by atoms with van der Waals surface area (Å²) in [7, 11) is 0. The van der Waals surface area contributed by atoms with E-state index >= 15 is 0 Å². The maximum absolute atomic E-state index is 5.59. The molecular weight excluding hydrogens is 364 g/mol. The third-order valence-corrected chi connectivity index (χ3v) is 6.00. The Labute approximate surface area is 167 Å². The van der Waals surface area contributed by atoms with Crippen molar-refractivity contribution in [2.75, 3.05) is 0 Å². The van der Waals surface area contributed by atoms with Crippen LogP contribution in [0, 0.1) is 6.92 Å². The van der Waals surface area contributed by atoms with Crippen molar-refractivity contribution in [1.29, 1.82) is 0 Å². The normalized spacial score (nSPS) is 19.9. The highest BCUT2D eigenvalue weighted by molar-refractivity contribution is 5.67. The topological polar surface area (TPSA) is 82.5 Å². The van der Waals surface area contributed by atoms with E-state index in [4.69, 9.17) is 9.51 Å². The summed E-state index contributed by atoms with van der Waals surface area (Å²) >= 11 is 0. The van der Waals surface area contributed by atoms with Gasteiger partial charge in [-0.2, -0.15) is 4.98 Å². The van der Waals surface area contributed by atoms with Crippen LogP contribution >= 0.6 is 0 Å². The fourth-order valence-electron chi connectivity index (χ4n) is 4.39. The molecule has 1 saturated carbocycles. The molecule has 2 aliphatic rings. The average molecular weight is 384 g/mol. The van der Waals surface area contributed by atoms with E-state index in [-0.39, 0.29) is 0 Å². The Bertz CT molecular complexity index is 1240. The van der Waals surface area contributed by atoms with Gasteiger partial charge in [0, 0.05) is 36.0 Å². The fourth-order valence-corrected chi connectivity index (χ4v) is 4.39. The first-order chi connectivity index (χ1) is 14.1. The molecule has 1 unspecified atom stereocenters. The molecule has 144 valence electrons. The first-order valence-electron chi connectivity index (χ1n) is 9.93. The summed E-state index contributed by atoms with van der Waals surface area (Å²) in [5.41, 5.74) is 3.90. The Hall–Kier alpha value is -3.35. The van der Waals surface area contributed by atoms with Crippen LogP contribution in [-0.2, 0) is 11.8 Å². The number of benzene rings is 1. The predicted molar refractivity (Wildman–Crippen MR) is 106 cm³/mol. The van der Waals surface area contributed by atoms with Crippen LogP contribution in [0.5, 0.6) is 0 Å². The third kappa shape index (κ3) is 2.46. The van der Waals surface area contributed by atoms with Gasteiger partial charge in [0.25, 0.3) is 5.89 Å². The molecule has 1 aromatic carbocycles. The van der Waals surface area contributed by atoms with Crippen molar-refractivity contribution >= 4 is 0 Å². The van der Waals surface area contributed by atoms with Gasteiger partial charge in [-0.3, -0.25) is 4.98 Å². The first kappa shape index (κ1) is 16.6. The van der Waals surface area contributed by atoms with Crippen LogP contribution in [0.2, 0.25) is 0 Å². The summed E-state index contributed by atoms with van der Waals surface area (Å²) in [5, 5.41) is 13.4. The van der Waals surface area contributed by atoms with Gasteiger partial charge in [0.05, 0.1) is 5.41 Å². The highest BCUT2D eigenvalue weighted by Crippen LogP contribution is 2.49. The Morgan fingerprint density at radius 3 is 2.93 bits per heavy atom. The minimum absolute atomic E-state index is 0.413. The molecule has 7 nitrogen and oxygen atoms in total. The van der Waals surface area contributed by atoms with Crippen LogP contribution in [0.1, 0.15) is 48.6 Å². The number of nitrogens with zero attached hydrogens (tertiary/aromatic N) is 6. The molecule has 1 atom stereocenters. The zero-order valence-corrected chi connectivity index (χ0v) is 16.3. The first-order valence-corrected chi connectivity index (χ1v) is 9.93. The largest absolute Gasteiger partial charge is 0.334 e. The van der Waals surface area contributed by atoms with Crippen molar-refractivity contribution in [3.05, 3.63) is 65.5 Å². The van der Waals surface area contributed by atoms with E-state index in [1.165, 1.54) is 12.8 Å². The SMILES string of the molecule is Cc1cccc(-c2nc(CC3(C)c4cnccc4-c4nnc3n4C3CC3)no2)c1. The standard InChI is InChI=1S/C22H20N6O/c1-13-4-3-5-14(10-13)20-24-18(27-29-20)11-22(2)17-12-23-9-8-16(17)19-25-26-21(22)28(19)15-6-7-15/h3-5,8-10,12,15H,6-7,11H2,1-2H3. The second-order valence-corrected chi connectivity index (χ2v) is 8.26. The Kier molecular flexibility index (Phi) is 3.33. The van der Waals surface area contributed by atoms with E-state index in [0.717, 1.165) is 33.9 Å². The van der Waals surface area contributed by atoms with Gasteiger partial charge >= 0.3 is 0 Å². The molecule has 1 aliphatic heterocycles. The van der Waals surface area contributed by atoms with Crippen molar-refractivity contribution in [1.82, 2.24) is 29.9 Å². The molecule has 2 bridgehead atoms. The molecule has 0 amide bonds. The molecule has 4 heterocycles. The summed E-state index contributed by atoms with van der Waals surface area (Å²) in [6.07, 6.45) is 6.67. The van der Waals surface area contributed by atoms with Gasteiger partial charge in [-0.05, 0) is 50.5 Å².